The number of benzene rings is 3. The maximum Gasteiger partial charge on any atom is 0.257 e. The highest BCUT2D eigenvalue weighted by atomic mass is 35.5. The van der Waals surface area contributed by atoms with Crippen LogP contribution in [0.1, 0.15) is 37.4 Å². The summed E-state index contributed by atoms with van der Waals surface area (Å²) in [7, 11) is 0. The zero-order chi connectivity index (χ0) is 22.7. The minimum Gasteiger partial charge on any atom is -0.304 e. The Morgan fingerprint density at radius 3 is 2.31 bits per heavy atom. The molecular weight excluding hydrogens is 429 g/mol. The number of anilines is 1. The lowest BCUT2D eigenvalue weighted by Crippen LogP contribution is -2.17. The quantitative estimate of drug-likeness (QED) is 0.396. The molecule has 1 N–H and O–H groups in total. The van der Waals surface area contributed by atoms with Crippen LogP contribution >= 0.6 is 11.6 Å². The second-order valence-corrected chi connectivity index (χ2v) is 7.75. The van der Waals surface area contributed by atoms with E-state index in [1.54, 1.807) is 59.4 Å². The van der Waals surface area contributed by atoms with Crippen molar-refractivity contribution in [3.05, 3.63) is 118 Å². The molecule has 1 heterocycles. The Balaban J connectivity index is 1.55. The van der Waals surface area contributed by atoms with E-state index in [2.05, 4.69) is 10.4 Å². The van der Waals surface area contributed by atoms with E-state index in [1.165, 1.54) is 12.1 Å². The molecule has 3 aromatic carbocycles. The van der Waals surface area contributed by atoms with Crippen LogP contribution < -0.4 is 5.32 Å². The van der Waals surface area contributed by atoms with Gasteiger partial charge in [-0.15, -0.1) is 0 Å². The summed E-state index contributed by atoms with van der Waals surface area (Å²) < 4.78 is 14.6. The first-order valence-electron chi connectivity index (χ1n) is 9.90. The Bertz CT molecular complexity index is 1280. The van der Waals surface area contributed by atoms with Crippen molar-refractivity contribution in [2.75, 3.05) is 5.32 Å². The Kier molecular flexibility index (Phi) is 6.14. The Hall–Kier alpha value is -3.77. The summed E-state index contributed by atoms with van der Waals surface area (Å²) in [5.41, 5.74) is 2.88. The van der Waals surface area contributed by atoms with Gasteiger partial charge in [-0.2, -0.15) is 5.10 Å². The highest BCUT2D eigenvalue weighted by molar-refractivity contribution is 6.33. The van der Waals surface area contributed by atoms with Crippen LogP contribution in [0.15, 0.2) is 79.0 Å². The molecule has 0 aliphatic heterocycles. The van der Waals surface area contributed by atoms with Crippen LogP contribution in [-0.4, -0.2) is 21.5 Å². The second-order valence-electron chi connectivity index (χ2n) is 7.34. The number of amides is 1. The third-order valence-corrected chi connectivity index (χ3v) is 5.21. The zero-order valence-corrected chi connectivity index (χ0v) is 17.9. The third-order valence-electron chi connectivity index (χ3n) is 4.94. The molecule has 0 bridgehead atoms. The number of carbonyl (C=O) groups excluding carboxylic acids is 2. The van der Waals surface area contributed by atoms with Gasteiger partial charge in [-0.3, -0.25) is 14.3 Å². The molecular formula is C25H19ClFN3O2. The van der Waals surface area contributed by atoms with Gasteiger partial charge in [-0.1, -0.05) is 71.8 Å². The van der Waals surface area contributed by atoms with Gasteiger partial charge in [0.25, 0.3) is 5.91 Å². The first kappa shape index (κ1) is 21.5. The Morgan fingerprint density at radius 1 is 0.969 bits per heavy atom. The SMILES string of the molecule is Cc1ccc(C(=O)c2ccccc2C(=O)Nc2nn(Cc3ccc(F)cc3)cc2Cl)cc1. The molecule has 0 saturated carbocycles. The number of halogens is 2. The van der Waals surface area contributed by atoms with E-state index in [9.17, 15) is 14.0 Å². The van der Waals surface area contributed by atoms with E-state index in [0.29, 0.717) is 12.1 Å². The largest absolute Gasteiger partial charge is 0.304 e. The fourth-order valence-corrected chi connectivity index (χ4v) is 3.45. The molecule has 1 amide bonds. The third kappa shape index (κ3) is 4.76. The predicted octanol–water partition coefficient (Wildman–Crippen LogP) is 5.52. The van der Waals surface area contributed by atoms with Crippen molar-refractivity contribution in [3.63, 3.8) is 0 Å². The van der Waals surface area contributed by atoms with Gasteiger partial charge in [0.2, 0.25) is 0 Å². The van der Waals surface area contributed by atoms with Crippen LogP contribution in [0.3, 0.4) is 0 Å². The fourth-order valence-electron chi connectivity index (χ4n) is 3.25. The fraction of sp³-hybridized carbons (Fsp3) is 0.0800. The molecule has 5 nitrogen and oxygen atoms in total. The number of aryl methyl sites for hydroxylation is 1. The normalized spacial score (nSPS) is 10.7. The molecule has 0 unspecified atom stereocenters. The van der Waals surface area contributed by atoms with Crippen molar-refractivity contribution in [1.29, 1.82) is 0 Å². The number of nitrogens with one attached hydrogen (secondary N) is 1. The van der Waals surface area contributed by atoms with Gasteiger partial charge in [0.05, 0.1) is 12.1 Å². The molecule has 0 saturated heterocycles. The molecule has 32 heavy (non-hydrogen) atoms. The summed E-state index contributed by atoms with van der Waals surface area (Å²) in [6, 6.07) is 19.8. The van der Waals surface area contributed by atoms with Crippen molar-refractivity contribution in [1.82, 2.24) is 9.78 Å². The Morgan fingerprint density at radius 2 is 1.62 bits per heavy atom. The lowest BCUT2D eigenvalue weighted by atomic mass is 9.97. The molecule has 4 rings (SSSR count). The van der Waals surface area contributed by atoms with Crippen LogP contribution in [0.25, 0.3) is 0 Å². The monoisotopic (exact) mass is 447 g/mol. The predicted molar refractivity (Wildman–Crippen MR) is 122 cm³/mol. The minimum absolute atomic E-state index is 0.177. The summed E-state index contributed by atoms with van der Waals surface area (Å²) in [5, 5.41) is 7.24. The van der Waals surface area contributed by atoms with E-state index in [1.807, 2.05) is 19.1 Å². The molecule has 1 aromatic heterocycles. The average Bonchev–Trinajstić information content (AvgIpc) is 3.13. The first-order valence-corrected chi connectivity index (χ1v) is 10.3. The summed E-state index contributed by atoms with van der Waals surface area (Å²) in [6.45, 7) is 2.30. The average molecular weight is 448 g/mol. The molecule has 0 radical (unpaired) electrons. The van der Waals surface area contributed by atoms with Gasteiger partial charge in [0.15, 0.2) is 11.6 Å². The number of carbonyl (C=O) groups is 2. The summed E-state index contributed by atoms with van der Waals surface area (Å²) in [4.78, 5) is 26.0. The van der Waals surface area contributed by atoms with Crippen molar-refractivity contribution in [2.45, 2.75) is 13.5 Å². The van der Waals surface area contributed by atoms with E-state index in [4.69, 9.17) is 11.6 Å². The van der Waals surface area contributed by atoms with E-state index in [-0.39, 0.29) is 33.6 Å². The summed E-state index contributed by atoms with van der Waals surface area (Å²) in [5.74, 6) is -0.880. The molecule has 0 spiro atoms. The Labute approximate surface area is 189 Å². The van der Waals surface area contributed by atoms with Crippen LogP contribution in [0, 0.1) is 12.7 Å². The smallest absolute Gasteiger partial charge is 0.257 e. The second kappa shape index (κ2) is 9.16. The van der Waals surface area contributed by atoms with Gasteiger partial charge < -0.3 is 5.32 Å². The molecule has 0 aliphatic carbocycles. The molecule has 160 valence electrons. The number of hydrogen-bond acceptors (Lipinski definition) is 3. The minimum atomic E-state index is -0.491. The van der Waals surface area contributed by atoms with E-state index in [0.717, 1.165) is 11.1 Å². The number of nitrogens with zero attached hydrogens (tertiary/aromatic N) is 2. The van der Waals surface area contributed by atoms with Gasteiger partial charge in [-0.05, 0) is 30.7 Å². The number of rotatable bonds is 6. The summed E-state index contributed by atoms with van der Waals surface area (Å²) in [6.07, 6.45) is 1.57. The van der Waals surface area contributed by atoms with Gasteiger partial charge >= 0.3 is 0 Å². The molecule has 0 fully saturated rings. The van der Waals surface area contributed by atoms with Crippen LogP contribution in [-0.2, 0) is 6.54 Å². The lowest BCUT2D eigenvalue weighted by molar-refractivity contribution is 0.0996. The summed E-state index contributed by atoms with van der Waals surface area (Å²) >= 11 is 6.26. The first-order chi connectivity index (χ1) is 15.4. The number of aromatic nitrogens is 2. The van der Waals surface area contributed by atoms with Gasteiger partial charge in [-0.25, -0.2) is 4.39 Å². The maximum absolute atomic E-state index is 13.1. The van der Waals surface area contributed by atoms with Crippen LogP contribution in [0.2, 0.25) is 5.02 Å². The molecule has 4 aromatic rings. The van der Waals surface area contributed by atoms with E-state index >= 15 is 0 Å². The number of ketones is 1. The molecule has 0 atom stereocenters. The maximum atomic E-state index is 13.1. The topological polar surface area (TPSA) is 64.0 Å². The van der Waals surface area contributed by atoms with Gasteiger partial charge in [0.1, 0.15) is 10.8 Å². The zero-order valence-electron chi connectivity index (χ0n) is 17.2. The lowest BCUT2D eigenvalue weighted by Gasteiger charge is -2.09. The standard InChI is InChI=1S/C25H19ClFN3O2/c1-16-6-10-18(11-7-16)23(31)20-4-2-3-5-21(20)25(32)28-24-22(26)15-30(29-24)14-17-8-12-19(27)13-9-17/h2-13,15H,14H2,1H3,(H,28,29,32). The van der Waals surface area contributed by atoms with E-state index < -0.39 is 5.91 Å². The van der Waals surface area contributed by atoms with Crippen LogP contribution in [0.4, 0.5) is 10.2 Å². The van der Waals surface area contributed by atoms with Gasteiger partial charge in [0, 0.05) is 17.3 Å². The van der Waals surface area contributed by atoms with Crippen LogP contribution in [0.5, 0.6) is 0 Å². The number of hydrogen-bond donors (Lipinski definition) is 1. The molecule has 0 aliphatic rings. The van der Waals surface area contributed by atoms with Crippen molar-refractivity contribution < 1.29 is 14.0 Å². The highest BCUT2D eigenvalue weighted by Gasteiger charge is 2.20. The molecule has 7 heteroatoms. The van der Waals surface area contributed by atoms with Crippen molar-refractivity contribution in [2.24, 2.45) is 0 Å². The highest BCUT2D eigenvalue weighted by Crippen LogP contribution is 2.22. The van der Waals surface area contributed by atoms with Crippen molar-refractivity contribution >= 4 is 29.1 Å². The van der Waals surface area contributed by atoms with Crippen molar-refractivity contribution in [3.8, 4) is 0 Å².